The second-order valence-corrected chi connectivity index (χ2v) is 7.58. The number of ether oxygens (including phenoxy) is 1. The molecular formula is C23H27N5O2. The van der Waals surface area contributed by atoms with E-state index in [1.165, 1.54) is 6.33 Å². The summed E-state index contributed by atoms with van der Waals surface area (Å²) in [6.45, 7) is 3.43. The Morgan fingerprint density at radius 2 is 1.87 bits per heavy atom. The molecule has 1 fully saturated rings. The number of nitrogens with zero attached hydrogens (tertiary/aromatic N) is 5. The summed E-state index contributed by atoms with van der Waals surface area (Å²) in [7, 11) is 5.67. The van der Waals surface area contributed by atoms with E-state index in [1.807, 2.05) is 40.8 Å². The highest BCUT2D eigenvalue weighted by atomic mass is 16.5. The molecule has 0 N–H and O–H groups in total. The van der Waals surface area contributed by atoms with Crippen LogP contribution in [0, 0.1) is 0 Å². The number of carbonyl (C=O) groups is 1. The topological polar surface area (TPSA) is 63.5 Å². The zero-order valence-electron chi connectivity index (χ0n) is 17.7. The van der Waals surface area contributed by atoms with Crippen LogP contribution >= 0.6 is 0 Å². The predicted molar refractivity (Wildman–Crippen MR) is 118 cm³/mol. The van der Waals surface area contributed by atoms with E-state index in [4.69, 9.17) is 4.74 Å². The molecule has 0 radical (unpaired) electrons. The number of likely N-dealkylation sites (N-methyl/N-ethyl adjacent to an activating group) is 1. The van der Waals surface area contributed by atoms with Crippen molar-refractivity contribution >= 4 is 23.0 Å². The molecule has 0 spiro atoms. The van der Waals surface area contributed by atoms with E-state index in [2.05, 4.69) is 34.0 Å². The van der Waals surface area contributed by atoms with Gasteiger partial charge in [-0.3, -0.25) is 4.79 Å². The van der Waals surface area contributed by atoms with E-state index in [0.717, 1.165) is 60.5 Å². The van der Waals surface area contributed by atoms with Crippen LogP contribution in [0.3, 0.4) is 0 Å². The number of fused-ring (bicyclic) bond motifs is 1. The van der Waals surface area contributed by atoms with Crippen molar-refractivity contribution in [1.82, 2.24) is 24.3 Å². The van der Waals surface area contributed by atoms with Crippen LogP contribution in [0.1, 0.15) is 12.0 Å². The van der Waals surface area contributed by atoms with Crippen LogP contribution < -0.4 is 4.74 Å². The molecule has 30 heavy (non-hydrogen) atoms. The van der Waals surface area contributed by atoms with Crippen LogP contribution in [0.15, 0.2) is 42.7 Å². The molecule has 1 amide bonds. The summed E-state index contributed by atoms with van der Waals surface area (Å²) in [4.78, 5) is 25.9. The fourth-order valence-electron chi connectivity index (χ4n) is 4.04. The Morgan fingerprint density at radius 1 is 1.07 bits per heavy atom. The Morgan fingerprint density at radius 3 is 2.63 bits per heavy atom. The van der Waals surface area contributed by atoms with Gasteiger partial charge in [-0.2, -0.15) is 0 Å². The summed E-state index contributed by atoms with van der Waals surface area (Å²) >= 11 is 0. The number of benzene rings is 1. The first-order valence-electron chi connectivity index (χ1n) is 10.2. The van der Waals surface area contributed by atoms with Crippen LogP contribution in [0.25, 0.3) is 28.4 Å². The second kappa shape index (κ2) is 8.67. The maximum Gasteiger partial charge on any atom is 0.246 e. The van der Waals surface area contributed by atoms with Gasteiger partial charge in [0.2, 0.25) is 11.8 Å². The number of methoxy groups -OCH3 is 1. The van der Waals surface area contributed by atoms with Gasteiger partial charge in [-0.15, -0.1) is 0 Å². The molecule has 1 saturated heterocycles. The monoisotopic (exact) mass is 405 g/mol. The lowest BCUT2D eigenvalue weighted by Gasteiger charge is -2.18. The molecule has 3 heterocycles. The molecule has 7 nitrogen and oxygen atoms in total. The van der Waals surface area contributed by atoms with Crippen molar-refractivity contribution in [2.75, 3.05) is 40.3 Å². The third kappa shape index (κ3) is 3.80. The normalized spacial score (nSPS) is 15.6. The van der Waals surface area contributed by atoms with Crippen molar-refractivity contribution in [2.24, 2.45) is 7.05 Å². The van der Waals surface area contributed by atoms with Crippen LogP contribution in [0.4, 0.5) is 0 Å². The Hall–Kier alpha value is -3.19. The molecule has 4 rings (SSSR count). The third-order valence-electron chi connectivity index (χ3n) is 5.63. The van der Waals surface area contributed by atoms with Crippen LogP contribution in [0.5, 0.6) is 5.88 Å². The zero-order valence-corrected chi connectivity index (χ0v) is 17.7. The van der Waals surface area contributed by atoms with Crippen LogP contribution in [-0.2, 0) is 11.8 Å². The van der Waals surface area contributed by atoms with E-state index in [9.17, 15) is 4.79 Å². The predicted octanol–water partition coefficient (Wildman–Crippen LogP) is 2.82. The van der Waals surface area contributed by atoms with Crippen molar-refractivity contribution in [3.63, 3.8) is 0 Å². The first-order valence-corrected chi connectivity index (χ1v) is 10.2. The average molecular weight is 406 g/mol. The summed E-state index contributed by atoms with van der Waals surface area (Å²) in [5, 5.41) is 0.806. The largest absolute Gasteiger partial charge is 0.480 e. The van der Waals surface area contributed by atoms with Crippen molar-refractivity contribution in [1.29, 1.82) is 0 Å². The molecule has 0 bridgehead atoms. The highest BCUT2D eigenvalue weighted by molar-refractivity contribution is 6.02. The van der Waals surface area contributed by atoms with Gasteiger partial charge in [-0.1, -0.05) is 30.3 Å². The quantitative estimate of drug-likeness (QED) is 0.625. The van der Waals surface area contributed by atoms with Crippen molar-refractivity contribution in [3.05, 3.63) is 48.3 Å². The van der Waals surface area contributed by atoms with Crippen LogP contribution in [-0.4, -0.2) is 70.6 Å². The van der Waals surface area contributed by atoms with Gasteiger partial charge >= 0.3 is 0 Å². The standard InChI is InChI=1S/C23H27N5O2/c1-26-12-7-13-28(15-14-26)19(29)11-10-18-20-22(24-16-25-23(20)30-3)27(2)21(18)17-8-5-4-6-9-17/h4-6,8-11,16H,7,12-15H2,1-3H3/b11-10+. The van der Waals surface area contributed by atoms with E-state index in [0.29, 0.717) is 5.88 Å². The lowest BCUT2D eigenvalue weighted by molar-refractivity contribution is -0.125. The van der Waals surface area contributed by atoms with Crippen molar-refractivity contribution in [2.45, 2.75) is 6.42 Å². The molecule has 1 aliphatic rings. The molecule has 3 aromatic rings. The molecule has 156 valence electrons. The summed E-state index contributed by atoms with van der Waals surface area (Å²) in [6, 6.07) is 10.1. The van der Waals surface area contributed by atoms with Gasteiger partial charge in [-0.25, -0.2) is 9.97 Å². The number of rotatable bonds is 4. The first kappa shape index (κ1) is 20.1. The summed E-state index contributed by atoms with van der Waals surface area (Å²) < 4.78 is 7.55. The number of aryl methyl sites for hydroxylation is 1. The minimum absolute atomic E-state index is 0.0251. The van der Waals surface area contributed by atoms with Gasteiger partial charge in [0.15, 0.2) is 0 Å². The van der Waals surface area contributed by atoms with E-state index in [-0.39, 0.29) is 5.91 Å². The molecule has 1 aromatic carbocycles. The Labute approximate surface area is 176 Å². The molecular weight excluding hydrogens is 378 g/mol. The van der Waals surface area contributed by atoms with E-state index < -0.39 is 0 Å². The average Bonchev–Trinajstić information content (AvgIpc) is 2.90. The zero-order chi connectivity index (χ0) is 21.1. The second-order valence-electron chi connectivity index (χ2n) is 7.58. The number of aromatic nitrogens is 3. The smallest absolute Gasteiger partial charge is 0.246 e. The van der Waals surface area contributed by atoms with E-state index >= 15 is 0 Å². The fraction of sp³-hybridized carbons (Fsp3) is 0.348. The number of hydrogen-bond donors (Lipinski definition) is 0. The Bertz CT molecular complexity index is 1070. The maximum atomic E-state index is 12.9. The Kier molecular flexibility index (Phi) is 5.81. The molecule has 0 unspecified atom stereocenters. The third-order valence-corrected chi connectivity index (χ3v) is 5.63. The molecule has 0 aliphatic carbocycles. The number of carbonyl (C=O) groups excluding carboxylic acids is 1. The van der Waals surface area contributed by atoms with Gasteiger partial charge in [0.25, 0.3) is 0 Å². The molecule has 2 aromatic heterocycles. The summed E-state index contributed by atoms with van der Waals surface area (Å²) in [5.41, 5.74) is 3.67. The Balaban J connectivity index is 1.79. The lowest BCUT2D eigenvalue weighted by atomic mass is 10.1. The SMILES string of the molecule is COc1ncnc2c1c(/C=C/C(=O)N1CCCN(C)CC1)c(-c1ccccc1)n2C. The molecule has 1 aliphatic heterocycles. The summed E-state index contributed by atoms with van der Waals surface area (Å²) in [6.07, 6.45) is 6.04. The molecule has 0 atom stereocenters. The highest BCUT2D eigenvalue weighted by Crippen LogP contribution is 2.36. The first-order chi connectivity index (χ1) is 14.6. The van der Waals surface area contributed by atoms with Gasteiger partial charge in [-0.05, 0) is 31.7 Å². The van der Waals surface area contributed by atoms with Gasteiger partial charge < -0.3 is 19.1 Å². The van der Waals surface area contributed by atoms with Crippen molar-refractivity contribution < 1.29 is 9.53 Å². The molecule has 7 heteroatoms. The fourth-order valence-corrected chi connectivity index (χ4v) is 4.04. The number of amides is 1. The number of hydrogen-bond acceptors (Lipinski definition) is 5. The van der Waals surface area contributed by atoms with Gasteiger partial charge in [0.1, 0.15) is 12.0 Å². The lowest BCUT2D eigenvalue weighted by Crippen LogP contribution is -2.33. The highest BCUT2D eigenvalue weighted by Gasteiger charge is 2.21. The minimum atomic E-state index is 0.0251. The van der Waals surface area contributed by atoms with Gasteiger partial charge in [0, 0.05) is 38.3 Å². The van der Waals surface area contributed by atoms with Crippen LogP contribution in [0.2, 0.25) is 0 Å². The van der Waals surface area contributed by atoms with Crippen molar-refractivity contribution in [3.8, 4) is 17.1 Å². The maximum absolute atomic E-state index is 12.9. The van der Waals surface area contributed by atoms with Gasteiger partial charge in [0.05, 0.1) is 18.2 Å². The summed E-state index contributed by atoms with van der Waals surface area (Å²) in [5.74, 6) is 0.526. The minimum Gasteiger partial charge on any atom is -0.480 e. The molecule has 0 saturated carbocycles. The van der Waals surface area contributed by atoms with E-state index in [1.54, 1.807) is 13.2 Å².